The Balaban J connectivity index is 1.28. The standard InChI is InChI=1S/C60H42F16N4O14S2/c61-33-29(34(62)42(70)55(41(33)69)91-11-9-81)25-15-1-5-19(77-15)27(31-37(65)45(73)57(46(74)38(31)66)95-59-53(89)51(87)49(85)23(13-83)93-59)20-7-3-17(79-20)26(30-35(63)43(71)56(92-12-10-82)44(72)36(30)64)18-4-8-22(80-18)28(21-6-2-16(25)78-21)32-39(67)47(75)58(48(76)40(32)68)96-60-54(90)52(88)50(86)24(14-84)94-60/h1-8,23-24,49-54,59-60,77,80-90H,9-14H2/t23-,24-,49-,50-,51+,52+,53-,54-,59+,60+/m1/s1. The highest BCUT2D eigenvalue weighted by molar-refractivity contribution is 8.00. The van der Waals surface area contributed by atoms with Crippen LogP contribution in [0.5, 0.6) is 11.5 Å². The van der Waals surface area contributed by atoms with E-state index in [9.17, 15) is 51.1 Å². The first-order chi connectivity index (χ1) is 45.6. The summed E-state index contributed by atoms with van der Waals surface area (Å²) < 4.78 is 288. The zero-order valence-electron chi connectivity index (χ0n) is 47.5. The maximum atomic E-state index is 17.3. The van der Waals surface area contributed by atoms with Crippen LogP contribution in [0.2, 0.25) is 0 Å². The third-order valence-electron chi connectivity index (χ3n) is 15.5. The Bertz CT molecular complexity index is 4170. The van der Waals surface area contributed by atoms with Crippen molar-refractivity contribution >= 4 is 69.9 Å². The van der Waals surface area contributed by atoms with Gasteiger partial charge in [-0.25, -0.2) is 62.7 Å². The van der Waals surface area contributed by atoms with Gasteiger partial charge in [0, 0.05) is 44.3 Å². The lowest BCUT2D eigenvalue weighted by atomic mass is 10.0. The lowest BCUT2D eigenvalue weighted by Crippen LogP contribution is -2.57. The van der Waals surface area contributed by atoms with E-state index in [1.54, 1.807) is 0 Å². The molecule has 7 heterocycles. The molecule has 7 aromatic rings. The summed E-state index contributed by atoms with van der Waals surface area (Å²) in [5, 5.41) is 101. The highest BCUT2D eigenvalue weighted by Crippen LogP contribution is 2.49. The summed E-state index contributed by atoms with van der Waals surface area (Å²) >= 11 is -0.645. The molecule has 12 N–H and O–H groups in total. The fourth-order valence-electron chi connectivity index (χ4n) is 10.9. The zero-order chi connectivity index (χ0) is 69.5. The van der Waals surface area contributed by atoms with E-state index < -0.39 is 303 Å². The minimum Gasteiger partial charge on any atom is -0.485 e. The second-order valence-electron chi connectivity index (χ2n) is 21.1. The van der Waals surface area contributed by atoms with E-state index in [1.165, 1.54) is 0 Å². The highest BCUT2D eigenvalue weighted by atomic mass is 32.2. The Morgan fingerprint density at radius 3 is 0.833 bits per heavy atom. The van der Waals surface area contributed by atoms with E-state index in [1.807, 2.05) is 0 Å². The molecule has 0 radical (unpaired) electrons. The van der Waals surface area contributed by atoms with Crippen molar-refractivity contribution in [2.24, 2.45) is 0 Å². The molecule has 4 aliphatic rings. The summed E-state index contributed by atoms with van der Waals surface area (Å²) in [5.41, 5.74) is -24.3. The molecule has 8 bridgehead atoms. The zero-order valence-corrected chi connectivity index (χ0v) is 49.1. The molecule has 0 amide bonds. The number of aromatic nitrogens is 4. The largest absolute Gasteiger partial charge is 0.485 e. The lowest BCUT2D eigenvalue weighted by Gasteiger charge is -2.39. The fraction of sp³-hybridized carbons (Fsp3) is 0.267. The van der Waals surface area contributed by atoms with Crippen molar-refractivity contribution in [3.05, 3.63) is 140 Å². The summed E-state index contributed by atoms with van der Waals surface area (Å²) in [6.07, 6.45) is -14.0. The lowest BCUT2D eigenvalue weighted by molar-refractivity contribution is -0.205. The van der Waals surface area contributed by atoms with Gasteiger partial charge < -0.3 is 80.0 Å². The predicted octanol–water partition coefficient (Wildman–Crippen LogP) is 8.08. The molecular formula is C60H42F16N4O14S2. The number of aliphatic hydroxyl groups excluding tert-OH is 10. The number of ether oxygens (including phenoxy) is 4. The van der Waals surface area contributed by atoms with E-state index >= 15 is 70.2 Å². The maximum Gasteiger partial charge on any atom is 0.204 e. The molecule has 0 aliphatic carbocycles. The Morgan fingerprint density at radius 1 is 0.344 bits per heavy atom. The monoisotopic (exact) mass is 1410 g/mol. The molecule has 18 nitrogen and oxygen atoms in total. The second kappa shape index (κ2) is 27.2. The van der Waals surface area contributed by atoms with E-state index in [0.717, 1.165) is 0 Å². The summed E-state index contributed by atoms with van der Waals surface area (Å²) in [5.74, 6) is -41.4. The number of fused-ring (bicyclic) bond motifs is 8. The van der Waals surface area contributed by atoms with Crippen molar-refractivity contribution in [1.29, 1.82) is 0 Å². The van der Waals surface area contributed by atoms with Crippen LogP contribution >= 0.6 is 23.5 Å². The molecule has 10 atom stereocenters. The van der Waals surface area contributed by atoms with Crippen molar-refractivity contribution in [3.63, 3.8) is 0 Å². The van der Waals surface area contributed by atoms with Gasteiger partial charge in [-0.1, -0.05) is 23.5 Å². The number of nitrogens with one attached hydrogen (secondary N) is 2. The van der Waals surface area contributed by atoms with Crippen LogP contribution in [0.4, 0.5) is 70.2 Å². The van der Waals surface area contributed by atoms with Gasteiger partial charge in [0.05, 0.1) is 81.2 Å². The van der Waals surface area contributed by atoms with Crippen LogP contribution in [0, 0.1) is 93.1 Å². The van der Waals surface area contributed by atoms with Crippen molar-refractivity contribution in [1.82, 2.24) is 19.9 Å². The minimum atomic E-state index is -2.41. The van der Waals surface area contributed by atoms with Gasteiger partial charge >= 0.3 is 0 Å². The molecule has 2 saturated heterocycles. The van der Waals surface area contributed by atoms with Crippen LogP contribution in [-0.2, 0) is 9.47 Å². The SMILES string of the molecule is OCCOc1c(F)c(F)c(-c2c3nc(c(-c4c(F)c(F)c(S[C@@H]5O[C@H](CO)[C@@H](O)[C@H](O)[C@H]5O)c(F)c4F)c4ccc([nH]4)c(-c4c(F)c(F)c(OCCO)c(F)c4F)c4nc(c(-c5c(F)c(F)c(S[C@@H]6O[C@H](CO)[C@@H](O)[C@H](O)[C@H]6O)c(F)c5F)c5ccc2[nH]5)C=C4)C=C3)c(F)c1F. The number of nitrogens with zero attached hydrogens (tertiary/aromatic N) is 2. The van der Waals surface area contributed by atoms with Gasteiger partial charge in [-0.2, -0.15) is 17.6 Å². The Kier molecular flexibility index (Phi) is 19.7. The molecule has 0 unspecified atom stereocenters. The summed E-state index contributed by atoms with van der Waals surface area (Å²) in [7, 11) is 0. The number of hydrogen-bond donors (Lipinski definition) is 12. The molecule has 4 aliphatic heterocycles. The molecule has 2 fully saturated rings. The van der Waals surface area contributed by atoms with E-state index in [4.69, 9.17) is 18.9 Å². The summed E-state index contributed by atoms with van der Waals surface area (Å²) in [6.45, 7) is -6.14. The Labute approximate surface area is 533 Å². The topological polar surface area (TPSA) is 297 Å². The molecule has 0 saturated carbocycles. The van der Waals surface area contributed by atoms with Crippen LogP contribution < -0.4 is 9.47 Å². The number of rotatable bonds is 16. The number of benzene rings is 4. The van der Waals surface area contributed by atoms with Crippen LogP contribution in [0.25, 0.3) is 90.9 Å². The van der Waals surface area contributed by atoms with Gasteiger partial charge in [0.25, 0.3) is 0 Å². The van der Waals surface area contributed by atoms with Gasteiger partial charge in [-0.05, 0) is 48.6 Å². The Morgan fingerprint density at radius 2 is 0.594 bits per heavy atom. The van der Waals surface area contributed by atoms with E-state index in [0.29, 0.717) is 48.6 Å². The summed E-state index contributed by atoms with van der Waals surface area (Å²) in [6, 6.07) is 2.73. The van der Waals surface area contributed by atoms with Gasteiger partial charge in [0.2, 0.25) is 23.3 Å². The smallest absolute Gasteiger partial charge is 0.204 e. The van der Waals surface area contributed by atoms with Crippen LogP contribution in [-0.4, -0.2) is 170 Å². The first-order valence-corrected chi connectivity index (χ1v) is 29.4. The van der Waals surface area contributed by atoms with Gasteiger partial charge in [0.1, 0.15) is 72.9 Å². The minimum absolute atomic E-state index is 0.323. The number of aromatic amines is 2. The van der Waals surface area contributed by atoms with Crippen LogP contribution in [0.15, 0.2) is 34.1 Å². The van der Waals surface area contributed by atoms with Crippen molar-refractivity contribution in [3.8, 4) is 56.0 Å². The number of H-pyrrole nitrogens is 2. The molecule has 4 aromatic carbocycles. The average molecular weight is 1410 g/mol. The van der Waals surface area contributed by atoms with Gasteiger partial charge in [-0.15, -0.1) is 0 Å². The van der Waals surface area contributed by atoms with Crippen molar-refractivity contribution < 1.29 is 140 Å². The first kappa shape index (κ1) is 69.5. The Hall–Kier alpha value is -7.82. The molecule has 3 aromatic heterocycles. The third-order valence-corrected chi connectivity index (χ3v) is 17.9. The number of thioether (sulfide) groups is 2. The molecule has 0 spiro atoms. The van der Waals surface area contributed by atoms with Crippen molar-refractivity contribution in [2.45, 2.75) is 69.5 Å². The second-order valence-corrected chi connectivity index (χ2v) is 23.3. The van der Waals surface area contributed by atoms with E-state index in [-0.39, 0.29) is 23.5 Å². The number of halogens is 16. The average Bonchev–Trinajstić information content (AvgIpc) is 1.51. The third kappa shape index (κ3) is 11.6. The predicted molar refractivity (Wildman–Crippen MR) is 304 cm³/mol. The van der Waals surface area contributed by atoms with E-state index in [2.05, 4.69) is 19.9 Å². The fourth-order valence-corrected chi connectivity index (χ4v) is 13.1. The quantitative estimate of drug-likeness (QED) is 0.0321. The molecule has 96 heavy (non-hydrogen) atoms. The normalized spacial score (nSPS) is 21.8. The highest BCUT2D eigenvalue weighted by Gasteiger charge is 2.47. The van der Waals surface area contributed by atoms with Gasteiger partial charge in [0.15, 0.2) is 81.3 Å². The molecule has 36 heteroatoms. The molecular weight excluding hydrogens is 1370 g/mol. The maximum absolute atomic E-state index is 17.3. The first-order valence-electron chi connectivity index (χ1n) is 27.7. The van der Waals surface area contributed by atoms with Crippen molar-refractivity contribution in [2.75, 3.05) is 39.6 Å². The molecule has 510 valence electrons. The van der Waals surface area contributed by atoms with Crippen LogP contribution in [0.1, 0.15) is 22.8 Å². The summed E-state index contributed by atoms with van der Waals surface area (Å²) in [4.78, 5) is 9.83. The van der Waals surface area contributed by atoms with Crippen LogP contribution in [0.3, 0.4) is 0 Å². The number of aliphatic hydroxyl groups is 10. The van der Waals surface area contributed by atoms with Gasteiger partial charge in [-0.3, -0.25) is 0 Å². The number of hydrogen-bond acceptors (Lipinski definition) is 18. The molecule has 11 rings (SSSR count).